The van der Waals surface area contributed by atoms with E-state index in [4.69, 9.17) is 0 Å². The molecule has 0 saturated heterocycles. The SMILES string of the molecule is CC(C)(C)c1ccccc1.CC(C)(C)c1ccccc1.CC(C)(C)c1ccccc1.[Ga]. The third-order valence-electron chi connectivity index (χ3n) is 4.92. The molecule has 0 N–H and O–H groups in total. The Kier molecular flexibility index (Phi) is 12.3. The number of hydrogen-bond donors (Lipinski definition) is 0. The quantitative estimate of drug-likeness (QED) is 0.288. The fourth-order valence-corrected chi connectivity index (χ4v) is 2.81. The molecule has 165 valence electrons. The molecule has 0 nitrogen and oxygen atoms in total. The average molecular weight is 472 g/mol. The van der Waals surface area contributed by atoms with Gasteiger partial charge in [-0.3, -0.25) is 0 Å². The predicted octanol–water partition coefficient (Wildman–Crippen LogP) is 8.57. The molecule has 0 amide bonds. The van der Waals surface area contributed by atoms with Crippen molar-refractivity contribution in [2.45, 2.75) is 78.6 Å². The van der Waals surface area contributed by atoms with Gasteiger partial charge >= 0.3 is 0 Å². The smallest absolute Gasteiger partial charge is 0 e. The van der Waals surface area contributed by atoms with Gasteiger partial charge in [0.25, 0.3) is 0 Å². The zero-order chi connectivity index (χ0) is 22.8. The second-order valence-electron chi connectivity index (χ2n) is 10.8. The monoisotopic (exact) mass is 471 g/mol. The summed E-state index contributed by atoms with van der Waals surface area (Å²) < 4.78 is 0. The normalized spacial score (nSPS) is 11.1. The molecule has 0 atom stereocenters. The summed E-state index contributed by atoms with van der Waals surface area (Å²) in [7, 11) is 0. The van der Waals surface area contributed by atoms with Crippen LogP contribution in [-0.2, 0) is 16.2 Å². The van der Waals surface area contributed by atoms with E-state index < -0.39 is 0 Å². The van der Waals surface area contributed by atoms with E-state index in [0.717, 1.165) is 0 Å². The van der Waals surface area contributed by atoms with Crippen LogP contribution in [0.25, 0.3) is 0 Å². The van der Waals surface area contributed by atoms with Gasteiger partial charge in [-0.2, -0.15) is 0 Å². The van der Waals surface area contributed by atoms with Crippen LogP contribution in [0.15, 0.2) is 91.0 Å². The first-order valence-corrected chi connectivity index (χ1v) is 11.0. The minimum Gasteiger partial charge on any atom is -0.0622 e. The molecule has 0 bridgehead atoms. The molecule has 0 unspecified atom stereocenters. The van der Waals surface area contributed by atoms with E-state index in [2.05, 4.69) is 153 Å². The molecule has 3 radical (unpaired) electrons. The minimum absolute atomic E-state index is 0. The van der Waals surface area contributed by atoms with E-state index in [1.54, 1.807) is 0 Å². The van der Waals surface area contributed by atoms with Crippen molar-refractivity contribution in [3.63, 3.8) is 0 Å². The van der Waals surface area contributed by atoms with E-state index in [1.165, 1.54) is 16.7 Å². The van der Waals surface area contributed by atoms with Crippen LogP contribution in [0.3, 0.4) is 0 Å². The van der Waals surface area contributed by atoms with Crippen LogP contribution in [0, 0.1) is 0 Å². The zero-order valence-corrected chi connectivity index (χ0v) is 23.7. The maximum Gasteiger partial charge on any atom is 0 e. The maximum absolute atomic E-state index is 2.22. The summed E-state index contributed by atoms with van der Waals surface area (Å²) in [4.78, 5) is 0. The molecule has 3 aromatic rings. The summed E-state index contributed by atoms with van der Waals surface area (Å²) in [5.74, 6) is 0. The van der Waals surface area contributed by atoms with Gasteiger partial charge in [0, 0.05) is 19.8 Å². The van der Waals surface area contributed by atoms with E-state index in [-0.39, 0.29) is 19.8 Å². The van der Waals surface area contributed by atoms with Gasteiger partial charge < -0.3 is 0 Å². The van der Waals surface area contributed by atoms with Gasteiger partial charge in [0.15, 0.2) is 0 Å². The van der Waals surface area contributed by atoms with Gasteiger partial charge in [0.05, 0.1) is 0 Å². The molecular formula is C30H42Ga. The Balaban J connectivity index is 0.000000429. The average Bonchev–Trinajstić information content (AvgIpc) is 2.69. The molecule has 31 heavy (non-hydrogen) atoms. The Morgan fingerprint density at radius 2 is 0.484 bits per heavy atom. The van der Waals surface area contributed by atoms with E-state index in [9.17, 15) is 0 Å². The molecule has 0 aliphatic heterocycles. The summed E-state index contributed by atoms with van der Waals surface area (Å²) in [5, 5.41) is 0. The Morgan fingerprint density at radius 3 is 0.581 bits per heavy atom. The summed E-state index contributed by atoms with van der Waals surface area (Å²) in [6, 6.07) is 31.7. The van der Waals surface area contributed by atoms with Crippen LogP contribution in [0.4, 0.5) is 0 Å². The first kappa shape index (κ1) is 29.3. The molecule has 0 aromatic heterocycles. The molecule has 0 saturated carbocycles. The molecule has 1 heteroatoms. The minimum atomic E-state index is 0. The second kappa shape index (κ2) is 13.0. The van der Waals surface area contributed by atoms with Crippen LogP contribution in [0.1, 0.15) is 79.0 Å². The van der Waals surface area contributed by atoms with Crippen molar-refractivity contribution in [1.82, 2.24) is 0 Å². The zero-order valence-electron chi connectivity index (χ0n) is 21.2. The standard InChI is InChI=1S/3C10H14.Ga/c3*1-10(2,3)9-7-5-4-6-8-9;/h3*4-8H,1-3H3;. The summed E-state index contributed by atoms with van der Waals surface area (Å²) in [6.45, 7) is 20.0. The Labute approximate surface area is 205 Å². The van der Waals surface area contributed by atoms with E-state index >= 15 is 0 Å². The van der Waals surface area contributed by atoms with Crippen molar-refractivity contribution < 1.29 is 0 Å². The maximum atomic E-state index is 2.22. The number of rotatable bonds is 0. The van der Waals surface area contributed by atoms with Gasteiger partial charge in [0.2, 0.25) is 0 Å². The van der Waals surface area contributed by atoms with Crippen LogP contribution in [-0.4, -0.2) is 19.8 Å². The van der Waals surface area contributed by atoms with Crippen LogP contribution in [0.5, 0.6) is 0 Å². The largest absolute Gasteiger partial charge is 0.0622 e. The summed E-state index contributed by atoms with van der Waals surface area (Å²) in [5.41, 5.74) is 5.07. The number of benzene rings is 3. The van der Waals surface area contributed by atoms with Crippen molar-refractivity contribution in [3.05, 3.63) is 108 Å². The molecule has 0 heterocycles. The van der Waals surface area contributed by atoms with E-state index in [0.29, 0.717) is 16.2 Å². The van der Waals surface area contributed by atoms with Crippen LogP contribution < -0.4 is 0 Å². The summed E-state index contributed by atoms with van der Waals surface area (Å²) >= 11 is 0. The van der Waals surface area contributed by atoms with Crippen LogP contribution in [0.2, 0.25) is 0 Å². The van der Waals surface area contributed by atoms with Gasteiger partial charge in [-0.15, -0.1) is 0 Å². The van der Waals surface area contributed by atoms with Crippen LogP contribution >= 0.6 is 0 Å². The Hall–Kier alpha value is -1.70. The molecular weight excluding hydrogens is 430 g/mol. The molecule has 0 fully saturated rings. The van der Waals surface area contributed by atoms with Gasteiger partial charge in [-0.25, -0.2) is 0 Å². The fraction of sp³-hybridized carbons (Fsp3) is 0.400. The molecule has 0 aliphatic rings. The Bertz CT molecular complexity index is 697. The number of hydrogen-bond acceptors (Lipinski definition) is 0. The third kappa shape index (κ3) is 12.1. The predicted molar refractivity (Wildman–Crippen MR) is 141 cm³/mol. The van der Waals surface area contributed by atoms with E-state index in [1.807, 2.05) is 0 Å². The first-order valence-electron chi connectivity index (χ1n) is 11.0. The van der Waals surface area contributed by atoms with Crippen molar-refractivity contribution in [2.75, 3.05) is 0 Å². The van der Waals surface area contributed by atoms with Gasteiger partial charge in [-0.05, 0) is 32.9 Å². The molecule has 0 spiro atoms. The Morgan fingerprint density at radius 1 is 0.323 bits per heavy atom. The van der Waals surface area contributed by atoms with Crippen molar-refractivity contribution >= 4 is 19.8 Å². The van der Waals surface area contributed by atoms with Crippen molar-refractivity contribution in [3.8, 4) is 0 Å². The fourth-order valence-electron chi connectivity index (χ4n) is 2.81. The van der Waals surface area contributed by atoms with Crippen molar-refractivity contribution in [1.29, 1.82) is 0 Å². The third-order valence-corrected chi connectivity index (χ3v) is 4.92. The topological polar surface area (TPSA) is 0 Å². The molecule has 0 aliphatic carbocycles. The summed E-state index contributed by atoms with van der Waals surface area (Å²) in [6.07, 6.45) is 0. The second-order valence-corrected chi connectivity index (χ2v) is 10.8. The van der Waals surface area contributed by atoms with Gasteiger partial charge in [-0.1, -0.05) is 153 Å². The van der Waals surface area contributed by atoms with Gasteiger partial charge in [0.1, 0.15) is 0 Å². The van der Waals surface area contributed by atoms with Crippen molar-refractivity contribution in [2.24, 2.45) is 0 Å². The molecule has 3 rings (SSSR count). The first-order chi connectivity index (χ1) is 13.8. The molecule has 3 aromatic carbocycles.